The van der Waals surface area contributed by atoms with E-state index in [1.165, 1.54) is 0 Å². The van der Waals surface area contributed by atoms with E-state index < -0.39 is 0 Å². The Bertz CT molecular complexity index is 179. The summed E-state index contributed by atoms with van der Waals surface area (Å²) in [7, 11) is 1.64. The van der Waals surface area contributed by atoms with Crippen LogP contribution in [0.5, 0.6) is 0 Å². The number of nitrogens with one attached hydrogen (secondary N) is 1. The van der Waals surface area contributed by atoms with Crippen LogP contribution in [0.3, 0.4) is 0 Å². The zero-order valence-electron chi connectivity index (χ0n) is 10.6. The van der Waals surface area contributed by atoms with Crippen molar-refractivity contribution in [2.45, 2.75) is 12.8 Å². The van der Waals surface area contributed by atoms with Gasteiger partial charge in [-0.1, -0.05) is 0 Å². The number of amides is 1. The van der Waals surface area contributed by atoms with Gasteiger partial charge in [0.05, 0.1) is 33.0 Å². The molecule has 0 radical (unpaired) electrons. The van der Waals surface area contributed by atoms with Crippen molar-refractivity contribution in [3.05, 3.63) is 0 Å². The lowest BCUT2D eigenvalue weighted by Gasteiger charge is -2.06. The highest BCUT2D eigenvalue weighted by molar-refractivity contribution is 5.73. The number of nitrogens with two attached hydrogens (primary N) is 1. The maximum atomic E-state index is 10.4. The molecule has 0 saturated heterocycles. The van der Waals surface area contributed by atoms with Gasteiger partial charge in [-0.15, -0.1) is 0 Å². The third-order valence-electron chi connectivity index (χ3n) is 2.00. The molecule has 0 bridgehead atoms. The molecule has 102 valence electrons. The Morgan fingerprint density at radius 2 is 1.71 bits per heavy atom. The average molecular weight is 248 g/mol. The first-order valence-electron chi connectivity index (χ1n) is 5.91. The number of primary amides is 1. The van der Waals surface area contributed by atoms with Gasteiger partial charge >= 0.3 is 0 Å². The number of hydrogen-bond acceptors (Lipinski definition) is 5. The van der Waals surface area contributed by atoms with Crippen molar-refractivity contribution in [3.8, 4) is 0 Å². The first-order chi connectivity index (χ1) is 8.27. The molecule has 0 aromatic heterocycles. The second-order valence-electron chi connectivity index (χ2n) is 3.54. The van der Waals surface area contributed by atoms with E-state index in [9.17, 15) is 4.79 Å². The zero-order chi connectivity index (χ0) is 12.8. The summed E-state index contributed by atoms with van der Waals surface area (Å²) in [4.78, 5) is 10.4. The van der Waals surface area contributed by atoms with E-state index in [4.69, 9.17) is 19.9 Å². The Labute approximate surface area is 103 Å². The molecule has 0 rings (SSSR count). The first kappa shape index (κ1) is 16.3. The van der Waals surface area contributed by atoms with Gasteiger partial charge in [0.1, 0.15) is 0 Å². The summed E-state index contributed by atoms with van der Waals surface area (Å²) in [5.41, 5.74) is 5.01. The van der Waals surface area contributed by atoms with Crippen LogP contribution in [0.15, 0.2) is 0 Å². The predicted octanol–water partition coefficient (Wildman–Crippen LogP) is -0.479. The van der Waals surface area contributed by atoms with Crippen LogP contribution in [0.25, 0.3) is 0 Å². The zero-order valence-corrected chi connectivity index (χ0v) is 10.6. The van der Waals surface area contributed by atoms with E-state index in [0.717, 1.165) is 19.5 Å². The van der Waals surface area contributed by atoms with E-state index in [0.29, 0.717) is 39.5 Å². The van der Waals surface area contributed by atoms with Crippen molar-refractivity contribution in [3.63, 3.8) is 0 Å². The molecule has 17 heavy (non-hydrogen) atoms. The summed E-state index contributed by atoms with van der Waals surface area (Å²) >= 11 is 0. The molecule has 1 amide bonds. The number of ether oxygens (including phenoxy) is 3. The molecule has 3 N–H and O–H groups in total. The average Bonchev–Trinajstić information content (AvgIpc) is 2.30. The maximum absolute atomic E-state index is 10.4. The van der Waals surface area contributed by atoms with Gasteiger partial charge in [-0.2, -0.15) is 0 Å². The summed E-state index contributed by atoms with van der Waals surface area (Å²) < 4.78 is 15.4. The molecule has 6 heteroatoms. The van der Waals surface area contributed by atoms with E-state index in [1.54, 1.807) is 7.11 Å². The molecule has 0 unspecified atom stereocenters. The quantitative estimate of drug-likeness (QED) is 0.430. The van der Waals surface area contributed by atoms with E-state index in [-0.39, 0.29) is 5.91 Å². The molecule has 0 heterocycles. The lowest BCUT2D eigenvalue weighted by atomic mass is 10.3. The third-order valence-corrected chi connectivity index (χ3v) is 2.00. The molecule has 0 aromatic carbocycles. The normalized spacial score (nSPS) is 10.6. The van der Waals surface area contributed by atoms with Crippen LogP contribution in [0, 0.1) is 0 Å². The molecule has 0 aromatic rings. The molecule has 0 atom stereocenters. The number of hydrogen-bond donors (Lipinski definition) is 2. The topological polar surface area (TPSA) is 82.8 Å². The highest BCUT2D eigenvalue weighted by Crippen LogP contribution is 1.84. The van der Waals surface area contributed by atoms with Crippen molar-refractivity contribution < 1.29 is 19.0 Å². The van der Waals surface area contributed by atoms with Crippen LogP contribution < -0.4 is 11.1 Å². The van der Waals surface area contributed by atoms with Gasteiger partial charge < -0.3 is 25.3 Å². The molecule has 0 aliphatic rings. The minimum atomic E-state index is -0.253. The second kappa shape index (κ2) is 13.4. The SMILES string of the molecule is COCCOCCOCCNCCCC(N)=O. The number of rotatable bonds is 13. The highest BCUT2D eigenvalue weighted by atomic mass is 16.5. The van der Waals surface area contributed by atoms with E-state index in [1.807, 2.05) is 0 Å². The Kier molecular flexibility index (Phi) is 12.8. The highest BCUT2D eigenvalue weighted by Gasteiger charge is 1.94. The van der Waals surface area contributed by atoms with Crippen molar-refractivity contribution in [1.29, 1.82) is 0 Å². The summed E-state index contributed by atoms with van der Waals surface area (Å²) in [6, 6.07) is 0. The van der Waals surface area contributed by atoms with Gasteiger partial charge in [-0.05, 0) is 13.0 Å². The van der Waals surface area contributed by atoms with Gasteiger partial charge in [0.25, 0.3) is 0 Å². The van der Waals surface area contributed by atoms with Gasteiger partial charge in [-0.3, -0.25) is 4.79 Å². The fraction of sp³-hybridized carbons (Fsp3) is 0.909. The summed E-state index contributed by atoms with van der Waals surface area (Å²) in [5.74, 6) is -0.253. The largest absolute Gasteiger partial charge is 0.382 e. The van der Waals surface area contributed by atoms with Crippen molar-refractivity contribution in [1.82, 2.24) is 5.32 Å². The molecular formula is C11H24N2O4. The number of carbonyl (C=O) groups is 1. The monoisotopic (exact) mass is 248 g/mol. The fourth-order valence-electron chi connectivity index (χ4n) is 1.12. The summed E-state index contributed by atoms with van der Waals surface area (Å²) in [6.07, 6.45) is 1.21. The lowest BCUT2D eigenvalue weighted by Crippen LogP contribution is -2.23. The van der Waals surface area contributed by atoms with Gasteiger partial charge in [-0.25, -0.2) is 0 Å². The van der Waals surface area contributed by atoms with Gasteiger partial charge in [0, 0.05) is 20.1 Å². The summed E-state index contributed by atoms with van der Waals surface area (Å²) in [5, 5.41) is 3.16. The first-order valence-corrected chi connectivity index (χ1v) is 5.91. The molecule has 0 aliphatic heterocycles. The summed E-state index contributed by atoms with van der Waals surface area (Å²) in [6.45, 7) is 4.60. The van der Waals surface area contributed by atoms with E-state index in [2.05, 4.69) is 5.32 Å². The number of carbonyl (C=O) groups excluding carboxylic acids is 1. The molecular weight excluding hydrogens is 224 g/mol. The maximum Gasteiger partial charge on any atom is 0.217 e. The Balaban J connectivity index is 2.91. The number of methoxy groups -OCH3 is 1. The Morgan fingerprint density at radius 1 is 1.06 bits per heavy atom. The fourth-order valence-corrected chi connectivity index (χ4v) is 1.12. The molecule has 0 saturated carbocycles. The Hall–Kier alpha value is -0.690. The molecule has 0 spiro atoms. The van der Waals surface area contributed by atoms with Gasteiger partial charge in [0.2, 0.25) is 5.91 Å². The lowest BCUT2D eigenvalue weighted by molar-refractivity contribution is -0.118. The van der Waals surface area contributed by atoms with Crippen molar-refractivity contribution in [2.24, 2.45) is 5.73 Å². The van der Waals surface area contributed by atoms with Crippen LogP contribution in [0.2, 0.25) is 0 Å². The minimum Gasteiger partial charge on any atom is -0.382 e. The minimum absolute atomic E-state index is 0.253. The van der Waals surface area contributed by atoms with Crippen LogP contribution in [0.1, 0.15) is 12.8 Å². The van der Waals surface area contributed by atoms with Crippen molar-refractivity contribution in [2.75, 3.05) is 53.2 Å². The van der Waals surface area contributed by atoms with Gasteiger partial charge in [0.15, 0.2) is 0 Å². The second-order valence-corrected chi connectivity index (χ2v) is 3.54. The Morgan fingerprint density at radius 3 is 2.35 bits per heavy atom. The smallest absolute Gasteiger partial charge is 0.217 e. The van der Waals surface area contributed by atoms with Crippen LogP contribution in [0.4, 0.5) is 0 Å². The van der Waals surface area contributed by atoms with Crippen molar-refractivity contribution >= 4 is 5.91 Å². The standard InChI is InChI=1S/C11H24N2O4/c1-15-7-8-17-10-9-16-6-5-13-4-2-3-11(12)14/h13H,2-10H2,1H3,(H2,12,14). The molecule has 0 fully saturated rings. The molecule has 6 nitrogen and oxygen atoms in total. The van der Waals surface area contributed by atoms with Crippen LogP contribution in [-0.2, 0) is 19.0 Å². The third kappa shape index (κ3) is 15.3. The van der Waals surface area contributed by atoms with Crippen LogP contribution in [-0.4, -0.2) is 59.1 Å². The molecule has 0 aliphatic carbocycles. The van der Waals surface area contributed by atoms with Crippen LogP contribution >= 0.6 is 0 Å². The van der Waals surface area contributed by atoms with E-state index >= 15 is 0 Å². The predicted molar refractivity (Wildman–Crippen MR) is 64.8 cm³/mol.